The number of fused-ring (bicyclic) bond motifs is 3. The van der Waals surface area contributed by atoms with Gasteiger partial charge < -0.3 is 4.74 Å². The molecule has 4 rings (SSSR count). The fourth-order valence-corrected chi connectivity index (χ4v) is 3.05. The molecule has 0 aliphatic carbocycles. The van der Waals surface area contributed by atoms with Crippen LogP contribution in [0.15, 0.2) is 33.7 Å². The molecule has 2 aromatic heterocycles. The molecule has 1 atom stereocenters. The van der Waals surface area contributed by atoms with Crippen molar-refractivity contribution in [2.75, 3.05) is 6.61 Å². The van der Waals surface area contributed by atoms with E-state index in [-0.39, 0.29) is 11.9 Å². The molecule has 0 saturated carbocycles. The number of halogens is 1. The highest BCUT2D eigenvalue weighted by atomic mass is 79.9. The first-order valence-corrected chi connectivity index (χ1v) is 7.23. The van der Waals surface area contributed by atoms with Gasteiger partial charge >= 0.3 is 5.69 Å². The average molecular weight is 334 g/mol. The molecule has 1 unspecified atom stereocenters. The normalized spacial score (nSPS) is 18.6. The van der Waals surface area contributed by atoms with E-state index >= 15 is 0 Å². The number of rotatable bonds is 1. The van der Waals surface area contributed by atoms with E-state index in [1.807, 2.05) is 18.2 Å². The van der Waals surface area contributed by atoms with Crippen molar-refractivity contribution in [3.05, 3.63) is 39.4 Å². The van der Waals surface area contributed by atoms with Crippen LogP contribution in [-0.2, 0) is 11.8 Å². The van der Waals surface area contributed by atoms with Crippen molar-refractivity contribution < 1.29 is 4.74 Å². The van der Waals surface area contributed by atoms with Gasteiger partial charge in [0.05, 0.1) is 29.4 Å². The monoisotopic (exact) mass is 333 g/mol. The van der Waals surface area contributed by atoms with Crippen LogP contribution in [0.25, 0.3) is 21.9 Å². The molecule has 3 heterocycles. The van der Waals surface area contributed by atoms with E-state index in [2.05, 4.69) is 20.9 Å². The lowest BCUT2D eigenvalue weighted by Gasteiger charge is -2.27. The van der Waals surface area contributed by atoms with Crippen molar-refractivity contribution in [2.45, 2.75) is 12.6 Å². The molecule has 6 heteroatoms. The second-order valence-corrected chi connectivity index (χ2v) is 5.89. The first-order valence-electron chi connectivity index (χ1n) is 6.43. The number of aromatic nitrogens is 3. The minimum atomic E-state index is -0.157. The maximum atomic E-state index is 12.5. The third-order valence-electron chi connectivity index (χ3n) is 3.84. The van der Waals surface area contributed by atoms with Crippen LogP contribution in [0.2, 0.25) is 0 Å². The summed E-state index contributed by atoms with van der Waals surface area (Å²) in [6.45, 7) is 0.709. The molecular formula is C14H12BrN3O2. The summed E-state index contributed by atoms with van der Waals surface area (Å²) in [5, 5.41) is 0.963. The zero-order valence-corrected chi connectivity index (χ0v) is 12.4. The predicted molar refractivity (Wildman–Crippen MR) is 79.8 cm³/mol. The van der Waals surface area contributed by atoms with Crippen LogP contribution in [0, 0.1) is 0 Å². The van der Waals surface area contributed by atoms with Crippen molar-refractivity contribution in [2.24, 2.45) is 7.05 Å². The fourth-order valence-electron chi connectivity index (χ4n) is 2.69. The summed E-state index contributed by atoms with van der Waals surface area (Å²) in [7, 11) is 1.77. The largest absolute Gasteiger partial charge is 0.358 e. The number of hydrogen-bond donors (Lipinski definition) is 0. The lowest BCUT2D eigenvalue weighted by Crippen LogP contribution is -2.33. The minimum Gasteiger partial charge on any atom is -0.358 e. The zero-order chi connectivity index (χ0) is 13.9. The maximum Gasteiger partial charge on any atom is 0.331 e. The molecule has 0 spiro atoms. The summed E-state index contributed by atoms with van der Waals surface area (Å²) < 4.78 is 9.86. The predicted octanol–water partition coefficient (Wildman–Crippen LogP) is 2.57. The highest BCUT2D eigenvalue weighted by molar-refractivity contribution is 9.10. The third-order valence-corrected chi connectivity index (χ3v) is 4.33. The van der Waals surface area contributed by atoms with E-state index in [4.69, 9.17) is 4.74 Å². The van der Waals surface area contributed by atoms with Gasteiger partial charge in [-0.2, -0.15) is 0 Å². The van der Waals surface area contributed by atoms with Crippen molar-refractivity contribution in [1.29, 1.82) is 0 Å². The van der Waals surface area contributed by atoms with E-state index in [1.54, 1.807) is 22.4 Å². The molecule has 1 saturated heterocycles. The summed E-state index contributed by atoms with van der Waals surface area (Å²) >= 11 is 3.48. The van der Waals surface area contributed by atoms with Crippen LogP contribution >= 0.6 is 15.9 Å². The molecule has 0 radical (unpaired) electrons. The highest BCUT2D eigenvalue weighted by Gasteiger charge is 2.26. The molecule has 5 nitrogen and oxygen atoms in total. The summed E-state index contributed by atoms with van der Waals surface area (Å²) in [4.78, 5) is 16.9. The topological polar surface area (TPSA) is 49.0 Å². The van der Waals surface area contributed by atoms with Crippen molar-refractivity contribution in [3.8, 4) is 0 Å². The molecule has 0 bridgehead atoms. The smallest absolute Gasteiger partial charge is 0.331 e. The molecule has 1 aliphatic heterocycles. The van der Waals surface area contributed by atoms with Crippen molar-refractivity contribution in [1.82, 2.24) is 14.1 Å². The van der Waals surface area contributed by atoms with Gasteiger partial charge in [-0.05, 0) is 18.2 Å². The Morgan fingerprint density at radius 3 is 2.95 bits per heavy atom. The lowest BCUT2D eigenvalue weighted by molar-refractivity contribution is -0.0989. The van der Waals surface area contributed by atoms with E-state index in [1.165, 1.54) is 0 Å². The minimum absolute atomic E-state index is 0.0565. The third kappa shape index (κ3) is 1.52. The van der Waals surface area contributed by atoms with Crippen LogP contribution < -0.4 is 5.69 Å². The summed E-state index contributed by atoms with van der Waals surface area (Å²) in [6.07, 6.45) is 2.47. The first kappa shape index (κ1) is 12.1. The van der Waals surface area contributed by atoms with Gasteiger partial charge in [0.1, 0.15) is 6.23 Å². The number of nitrogens with zero attached hydrogens (tertiary/aromatic N) is 3. The van der Waals surface area contributed by atoms with Gasteiger partial charge in [-0.25, -0.2) is 4.79 Å². The molecule has 3 aromatic rings. The molecule has 20 heavy (non-hydrogen) atoms. The number of aryl methyl sites for hydroxylation is 1. The maximum absolute atomic E-state index is 12.5. The number of pyridine rings is 1. The number of benzene rings is 1. The molecule has 0 N–H and O–H groups in total. The quantitative estimate of drug-likeness (QED) is 0.687. The highest BCUT2D eigenvalue weighted by Crippen LogP contribution is 2.31. The van der Waals surface area contributed by atoms with Crippen molar-refractivity contribution in [3.63, 3.8) is 0 Å². The van der Waals surface area contributed by atoms with Gasteiger partial charge in [-0.3, -0.25) is 14.1 Å². The number of ether oxygens (including phenoxy) is 1. The van der Waals surface area contributed by atoms with Gasteiger partial charge in [0.15, 0.2) is 0 Å². The summed E-state index contributed by atoms with van der Waals surface area (Å²) in [6, 6.07) is 5.90. The van der Waals surface area contributed by atoms with Gasteiger partial charge in [-0.15, -0.1) is 0 Å². The van der Waals surface area contributed by atoms with Crippen LogP contribution in [0.1, 0.15) is 12.6 Å². The molecule has 1 fully saturated rings. The van der Waals surface area contributed by atoms with Gasteiger partial charge in [0, 0.05) is 23.3 Å². The molecule has 0 amide bonds. The fraction of sp³-hybridized carbons (Fsp3) is 0.286. The van der Waals surface area contributed by atoms with Crippen LogP contribution in [0.4, 0.5) is 0 Å². The summed E-state index contributed by atoms with van der Waals surface area (Å²) in [5.41, 5.74) is 2.54. The second-order valence-electron chi connectivity index (χ2n) is 4.98. The van der Waals surface area contributed by atoms with Gasteiger partial charge in [0.25, 0.3) is 0 Å². The average Bonchev–Trinajstić information content (AvgIpc) is 2.63. The van der Waals surface area contributed by atoms with Gasteiger partial charge in [-0.1, -0.05) is 15.9 Å². The van der Waals surface area contributed by atoms with Crippen LogP contribution in [-0.4, -0.2) is 20.7 Å². The summed E-state index contributed by atoms with van der Waals surface area (Å²) in [5.74, 6) is 0. The lowest BCUT2D eigenvalue weighted by atomic mass is 10.2. The van der Waals surface area contributed by atoms with Gasteiger partial charge in [0.2, 0.25) is 0 Å². The zero-order valence-electron chi connectivity index (χ0n) is 10.8. The Kier molecular flexibility index (Phi) is 2.52. The Morgan fingerprint density at radius 2 is 2.25 bits per heavy atom. The van der Waals surface area contributed by atoms with E-state index < -0.39 is 0 Å². The number of imidazole rings is 1. The van der Waals surface area contributed by atoms with Crippen LogP contribution in [0.5, 0.6) is 0 Å². The Balaban J connectivity index is 2.22. The Bertz CT molecular complexity index is 893. The molecule has 1 aromatic carbocycles. The molecular weight excluding hydrogens is 322 g/mol. The van der Waals surface area contributed by atoms with E-state index in [0.717, 1.165) is 32.8 Å². The molecule has 1 aliphatic rings. The van der Waals surface area contributed by atoms with E-state index in [9.17, 15) is 4.79 Å². The standard InChI is InChI=1S/C14H12BrN3O2/c1-17-11-7-16-10-3-2-8(15)6-9(10)13(11)18(14(17)19)12-4-5-20-12/h2-3,6-7,12H,4-5H2,1H3. The number of hydrogen-bond acceptors (Lipinski definition) is 3. The molecule has 102 valence electrons. The first-order chi connectivity index (χ1) is 9.66. The Hall–Kier alpha value is -1.66. The second kappa shape index (κ2) is 4.17. The van der Waals surface area contributed by atoms with E-state index in [0.29, 0.717) is 6.61 Å². The van der Waals surface area contributed by atoms with Crippen LogP contribution in [0.3, 0.4) is 0 Å². The SMILES string of the molecule is Cn1c(=O)n(C2CCO2)c2c3cc(Br)ccc3ncc21. The Morgan fingerprint density at radius 1 is 1.45 bits per heavy atom. The Labute approximate surface area is 122 Å². The van der Waals surface area contributed by atoms with Crippen molar-refractivity contribution >= 4 is 37.9 Å².